The van der Waals surface area contributed by atoms with Gasteiger partial charge in [-0.15, -0.1) is 0 Å². The molecule has 1 atom stereocenters. The lowest BCUT2D eigenvalue weighted by molar-refractivity contribution is 0.416. The second-order valence-electron chi connectivity index (χ2n) is 6.05. The fraction of sp³-hybridized carbons (Fsp3) is 0.294. The average Bonchev–Trinajstić information content (AvgIpc) is 2.45. The lowest BCUT2D eigenvalue weighted by atomic mass is 9.84. The number of hydrogen-bond donors (Lipinski definition) is 1. The van der Waals surface area contributed by atoms with Gasteiger partial charge in [0, 0.05) is 16.5 Å². The lowest BCUT2D eigenvalue weighted by Crippen LogP contribution is -2.43. The van der Waals surface area contributed by atoms with Crippen LogP contribution < -0.4 is 9.92 Å². The zero-order valence-electron chi connectivity index (χ0n) is 13.1. The van der Waals surface area contributed by atoms with Crippen molar-refractivity contribution in [3.05, 3.63) is 65.2 Å². The van der Waals surface area contributed by atoms with Crippen molar-refractivity contribution in [2.24, 2.45) is 5.73 Å². The van der Waals surface area contributed by atoms with E-state index in [0.29, 0.717) is 5.02 Å². The first-order chi connectivity index (χ1) is 10.7. The van der Waals surface area contributed by atoms with Gasteiger partial charge in [0.2, 0.25) is 0 Å². The standard InChI is InChI=1S/C17H20ClNO3S/c1-17(2,19)16(13-8-10-14(18)11-9-13)12-23(20,21)22-15-6-4-3-5-7-15/h3-11,16H,12,19H2,1-2H3. The lowest BCUT2D eigenvalue weighted by Gasteiger charge is -2.30. The van der Waals surface area contributed by atoms with Gasteiger partial charge in [0.25, 0.3) is 0 Å². The molecular formula is C17H20ClNO3S. The smallest absolute Gasteiger partial charge is 0.309 e. The first-order valence-electron chi connectivity index (χ1n) is 7.19. The van der Waals surface area contributed by atoms with Crippen LogP contribution in [0.4, 0.5) is 0 Å². The van der Waals surface area contributed by atoms with E-state index in [4.69, 9.17) is 21.5 Å². The molecule has 0 radical (unpaired) electrons. The van der Waals surface area contributed by atoms with Crippen LogP contribution in [0.2, 0.25) is 5.02 Å². The van der Waals surface area contributed by atoms with E-state index in [2.05, 4.69) is 0 Å². The van der Waals surface area contributed by atoms with Crippen LogP contribution in [-0.2, 0) is 10.1 Å². The topological polar surface area (TPSA) is 69.4 Å². The molecule has 0 heterocycles. The van der Waals surface area contributed by atoms with Crippen LogP contribution in [0.15, 0.2) is 54.6 Å². The molecule has 0 aliphatic rings. The Balaban J connectivity index is 2.25. The third-order valence-corrected chi connectivity index (χ3v) is 4.95. The number of halogens is 1. The largest absolute Gasteiger partial charge is 0.382 e. The SMILES string of the molecule is CC(C)(N)C(CS(=O)(=O)Oc1ccccc1)c1ccc(Cl)cc1. The molecule has 0 fully saturated rings. The predicted molar refractivity (Wildman–Crippen MR) is 93.3 cm³/mol. The van der Waals surface area contributed by atoms with Gasteiger partial charge in [-0.1, -0.05) is 41.9 Å². The van der Waals surface area contributed by atoms with Crippen molar-refractivity contribution in [3.63, 3.8) is 0 Å². The molecule has 0 aliphatic heterocycles. The highest BCUT2D eigenvalue weighted by molar-refractivity contribution is 7.87. The minimum atomic E-state index is -3.79. The zero-order valence-corrected chi connectivity index (χ0v) is 14.6. The van der Waals surface area contributed by atoms with E-state index in [-0.39, 0.29) is 11.5 Å². The third-order valence-electron chi connectivity index (χ3n) is 3.51. The maximum Gasteiger partial charge on any atom is 0.309 e. The molecule has 2 aromatic rings. The molecule has 2 rings (SSSR count). The molecule has 4 nitrogen and oxygen atoms in total. The molecular weight excluding hydrogens is 334 g/mol. The summed E-state index contributed by atoms with van der Waals surface area (Å²) in [4.78, 5) is 0. The molecule has 124 valence electrons. The Kier molecular flexibility index (Phi) is 5.34. The van der Waals surface area contributed by atoms with Crippen molar-refractivity contribution < 1.29 is 12.6 Å². The van der Waals surface area contributed by atoms with Gasteiger partial charge in [-0.05, 0) is 43.7 Å². The number of para-hydroxylation sites is 1. The maximum atomic E-state index is 12.4. The molecule has 0 bridgehead atoms. The summed E-state index contributed by atoms with van der Waals surface area (Å²) in [7, 11) is -3.79. The maximum absolute atomic E-state index is 12.4. The summed E-state index contributed by atoms with van der Waals surface area (Å²) in [6.07, 6.45) is 0. The fourth-order valence-electron chi connectivity index (χ4n) is 2.30. The van der Waals surface area contributed by atoms with Crippen molar-refractivity contribution in [2.75, 3.05) is 5.75 Å². The van der Waals surface area contributed by atoms with Gasteiger partial charge >= 0.3 is 10.1 Å². The van der Waals surface area contributed by atoms with Gasteiger partial charge in [-0.2, -0.15) is 8.42 Å². The summed E-state index contributed by atoms with van der Waals surface area (Å²) < 4.78 is 30.0. The van der Waals surface area contributed by atoms with E-state index >= 15 is 0 Å². The highest BCUT2D eigenvalue weighted by atomic mass is 35.5. The molecule has 0 saturated heterocycles. The van der Waals surface area contributed by atoms with Crippen LogP contribution in [0.3, 0.4) is 0 Å². The molecule has 1 unspecified atom stereocenters. The Bertz CT molecular complexity index is 738. The van der Waals surface area contributed by atoms with Gasteiger partial charge in [0.1, 0.15) is 5.75 Å². The van der Waals surface area contributed by atoms with E-state index in [1.54, 1.807) is 68.4 Å². The minimum Gasteiger partial charge on any atom is -0.382 e. The summed E-state index contributed by atoms with van der Waals surface area (Å²) in [5.74, 6) is -0.349. The second kappa shape index (κ2) is 6.91. The van der Waals surface area contributed by atoms with E-state index in [9.17, 15) is 8.42 Å². The number of hydrogen-bond acceptors (Lipinski definition) is 4. The van der Waals surface area contributed by atoms with Gasteiger partial charge < -0.3 is 9.92 Å². The molecule has 2 N–H and O–H groups in total. The quantitative estimate of drug-likeness (QED) is 0.806. The van der Waals surface area contributed by atoms with Crippen LogP contribution in [0.1, 0.15) is 25.3 Å². The molecule has 0 amide bonds. The van der Waals surface area contributed by atoms with Crippen LogP contribution in [0.25, 0.3) is 0 Å². The molecule has 0 saturated carbocycles. The Hall–Kier alpha value is -1.56. The van der Waals surface area contributed by atoms with Gasteiger partial charge in [-0.3, -0.25) is 0 Å². The van der Waals surface area contributed by atoms with E-state index in [1.807, 2.05) is 0 Å². The summed E-state index contributed by atoms with van der Waals surface area (Å²) in [5.41, 5.74) is 6.27. The highest BCUT2D eigenvalue weighted by Crippen LogP contribution is 2.29. The van der Waals surface area contributed by atoms with E-state index in [0.717, 1.165) is 5.56 Å². The third kappa shape index (κ3) is 5.23. The van der Waals surface area contributed by atoms with Crippen LogP contribution in [-0.4, -0.2) is 19.7 Å². The van der Waals surface area contributed by atoms with Crippen molar-refractivity contribution in [1.29, 1.82) is 0 Å². The molecule has 2 aromatic carbocycles. The number of rotatable bonds is 6. The minimum absolute atomic E-state index is 0.215. The van der Waals surface area contributed by atoms with Crippen LogP contribution in [0.5, 0.6) is 5.75 Å². The molecule has 0 aliphatic carbocycles. The van der Waals surface area contributed by atoms with E-state index < -0.39 is 21.6 Å². The Morgan fingerprint density at radius 1 is 1.09 bits per heavy atom. The van der Waals surface area contributed by atoms with Crippen LogP contribution >= 0.6 is 11.6 Å². The summed E-state index contributed by atoms with van der Waals surface area (Å²) in [6.45, 7) is 3.59. The first kappa shape index (κ1) is 17.8. The number of benzene rings is 2. The highest BCUT2D eigenvalue weighted by Gasteiger charge is 2.32. The normalized spacial score (nSPS) is 13.6. The summed E-state index contributed by atoms with van der Waals surface area (Å²) in [6, 6.07) is 15.5. The second-order valence-corrected chi connectivity index (χ2v) is 8.10. The summed E-state index contributed by atoms with van der Waals surface area (Å²) in [5, 5.41) is 0.589. The zero-order chi connectivity index (χ0) is 17.1. The molecule has 0 spiro atoms. The molecule has 6 heteroatoms. The van der Waals surface area contributed by atoms with Crippen molar-refractivity contribution in [2.45, 2.75) is 25.3 Å². The van der Waals surface area contributed by atoms with Gasteiger partial charge in [0.05, 0.1) is 5.75 Å². The van der Waals surface area contributed by atoms with E-state index in [1.165, 1.54) is 0 Å². The van der Waals surface area contributed by atoms with Crippen molar-refractivity contribution in [3.8, 4) is 5.75 Å². The van der Waals surface area contributed by atoms with Crippen molar-refractivity contribution in [1.82, 2.24) is 0 Å². The first-order valence-corrected chi connectivity index (χ1v) is 9.14. The molecule has 23 heavy (non-hydrogen) atoms. The Morgan fingerprint density at radius 3 is 2.17 bits per heavy atom. The number of nitrogens with two attached hydrogens (primary N) is 1. The predicted octanol–water partition coefficient (Wildman–Crippen LogP) is 3.57. The van der Waals surface area contributed by atoms with Gasteiger partial charge in [0.15, 0.2) is 0 Å². The Morgan fingerprint density at radius 2 is 1.65 bits per heavy atom. The monoisotopic (exact) mass is 353 g/mol. The average molecular weight is 354 g/mol. The molecule has 0 aromatic heterocycles. The Labute approximate surface area is 142 Å². The fourth-order valence-corrected chi connectivity index (χ4v) is 3.93. The summed E-state index contributed by atoms with van der Waals surface area (Å²) >= 11 is 5.90. The van der Waals surface area contributed by atoms with Crippen molar-refractivity contribution >= 4 is 21.7 Å². The van der Waals surface area contributed by atoms with Crippen LogP contribution in [0, 0.1) is 0 Å². The van der Waals surface area contributed by atoms with Gasteiger partial charge in [-0.25, -0.2) is 0 Å².